The number of fused-ring (bicyclic) bond motifs is 1. The van der Waals surface area contributed by atoms with Gasteiger partial charge in [-0.15, -0.1) is 0 Å². The van der Waals surface area contributed by atoms with E-state index in [1.807, 2.05) is 36.0 Å². The van der Waals surface area contributed by atoms with Gasteiger partial charge in [0.15, 0.2) is 0 Å². The average Bonchev–Trinajstić information content (AvgIpc) is 2.89. The largest absolute Gasteiger partial charge is 0.497 e. The lowest BCUT2D eigenvalue weighted by Crippen LogP contribution is -2.22. The van der Waals surface area contributed by atoms with Gasteiger partial charge in [-0.3, -0.25) is 9.78 Å². The first-order valence-corrected chi connectivity index (χ1v) is 6.99. The molecule has 0 aliphatic rings. The average molecular weight is 295 g/mol. The van der Waals surface area contributed by atoms with Crippen molar-refractivity contribution >= 4 is 16.8 Å². The fourth-order valence-electron chi connectivity index (χ4n) is 2.50. The minimum atomic E-state index is -0.109. The van der Waals surface area contributed by atoms with Crippen LogP contribution in [0.5, 0.6) is 5.75 Å². The molecule has 0 unspecified atom stereocenters. The van der Waals surface area contributed by atoms with Crippen molar-refractivity contribution in [1.29, 1.82) is 0 Å². The highest BCUT2D eigenvalue weighted by atomic mass is 16.5. The highest BCUT2D eigenvalue weighted by Crippen LogP contribution is 2.25. The molecule has 112 valence electrons. The van der Waals surface area contributed by atoms with Crippen molar-refractivity contribution in [1.82, 2.24) is 14.9 Å². The highest BCUT2D eigenvalue weighted by Gasteiger charge is 2.10. The van der Waals surface area contributed by atoms with Crippen molar-refractivity contribution in [2.45, 2.75) is 6.54 Å². The van der Waals surface area contributed by atoms with Gasteiger partial charge in [-0.05, 0) is 35.9 Å². The molecule has 0 aliphatic heterocycles. The lowest BCUT2D eigenvalue weighted by molar-refractivity contribution is 0.0951. The highest BCUT2D eigenvalue weighted by molar-refractivity contribution is 5.94. The maximum absolute atomic E-state index is 12.1. The summed E-state index contributed by atoms with van der Waals surface area (Å²) in [6.45, 7) is 0.464. The molecule has 22 heavy (non-hydrogen) atoms. The zero-order chi connectivity index (χ0) is 15.5. The maximum atomic E-state index is 12.1. The van der Waals surface area contributed by atoms with E-state index in [0.717, 1.165) is 22.2 Å². The normalized spacial score (nSPS) is 10.6. The van der Waals surface area contributed by atoms with Gasteiger partial charge in [0, 0.05) is 48.6 Å². The molecule has 0 atom stereocenters. The van der Waals surface area contributed by atoms with Gasteiger partial charge in [-0.25, -0.2) is 0 Å². The van der Waals surface area contributed by atoms with Gasteiger partial charge in [-0.2, -0.15) is 0 Å². The number of carbonyl (C=O) groups excluding carboxylic acids is 1. The van der Waals surface area contributed by atoms with E-state index in [1.165, 1.54) is 0 Å². The number of aromatic nitrogens is 2. The van der Waals surface area contributed by atoms with Crippen LogP contribution < -0.4 is 10.1 Å². The standard InChI is InChI=1S/C17H17N3O2/c1-20-11-13(15-9-14(22-2)3-4-16(15)20)10-19-17(21)12-5-7-18-8-6-12/h3-9,11H,10H2,1-2H3,(H,19,21). The molecule has 1 amide bonds. The molecule has 2 aromatic heterocycles. The van der Waals surface area contributed by atoms with Crippen molar-refractivity contribution in [3.63, 3.8) is 0 Å². The van der Waals surface area contributed by atoms with Crippen LogP contribution >= 0.6 is 0 Å². The van der Waals surface area contributed by atoms with Gasteiger partial charge in [0.2, 0.25) is 0 Å². The van der Waals surface area contributed by atoms with Crippen molar-refractivity contribution in [3.8, 4) is 5.75 Å². The quantitative estimate of drug-likeness (QED) is 0.804. The summed E-state index contributed by atoms with van der Waals surface area (Å²) < 4.78 is 7.32. The smallest absolute Gasteiger partial charge is 0.251 e. The first-order chi connectivity index (χ1) is 10.7. The molecule has 1 N–H and O–H groups in total. The van der Waals surface area contributed by atoms with Crippen LogP contribution in [0.3, 0.4) is 0 Å². The summed E-state index contributed by atoms with van der Waals surface area (Å²) in [6.07, 6.45) is 5.24. The SMILES string of the molecule is COc1ccc2c(c1)c(CNC(=O)c1ccncc1)cn2C. The molecule has 0 spiro atoms. The summed E-state index contributed by atoms with van der Waals surface area (Å²) >= 11 is 0. The first kappa shape index (κ1) is 14.1. The Morgan fingerprint density at radius 3 is 2.77 bits per heavy atom. The number of benzene rings is 1. The van der Waals surface area contributed by atoms with E-state index in [-0.39, 0.29) is 5.91 Å². The van der Waals surface area contributed by atoms with E-state index in [4.69, 9.17) is 4.74 Å². The predicted octanol–water partition coefficient (Wildman–Crippen LogP) is 2.51. The number of carbonyl (C=O) groups is 1. The van der Waals surface area contributed by atoms with Crippen LogP contribution in [0.15, 0.2) is 48.9 Å². The number of aryl methyl sites for hydroxylation is 1. The Bertz CT molecular complexity index is 809. The lowest BCUT2D eigenvalue weighted by Gasteiger charge is -2.05. The minimum Gasteiger partial charge on any atom is -0.497 e. The number of amides is 1. The predicted molar refractivity (Wildman–Crippen MR) is 84.9 cm³/mol. The van der Waals surface area contributed by atoms with E-state index >= 15 is 0 Å². The van der Waals surface area contributed by atoms with Crippen LogP contribution in [0.25, 0.3) is 10.9 Å². The molecular weight excluding hydrogens is 278 g/mol. The van der Waals surface area contributed by atoms with Crippen LogP contribution in [0.4, 0.5) is 0 Å². The fraction of sp³-hybridized carbons (Fsp3) is 0.176. The third-order valence-electron chi connectivity index (χ3n) is 3.66. The van der Waals surface area contributed by atoms with Crippen molar-refractivity contribution < 1.29 is 9.53 Å². The number of ether oxygens (including phenoxy) is 1. The monoisotopic (exact) mass is 295 g/mol. The van der Waals surface area contributed by atoms with Crippen LogP contribution in [0, 0.1) is 0 Å². The number of hydrogen-bond donors (Lipinski definition) is 1. The minimum absolute atomic E-state index is 0.109. The lowest BCUT2D eigenvalue weighted by atomic mass is 10.1. The molecule has 3 rings (SSSR count). The van der Waals surface area contributed by atoms with E-state index in [2.05, 4.69) is 10.3 Å². The van der Waals surface area contributed by atoms with E-state index in [0.29, 0.717) is 12.1 Å². The number of rotatable bonds is 4. The van der Waals surface area contributed by atoms with Gasteiger partial charge >= 0.3 is 0 Å². The van der Waals surface area contributed by atoms with E-state index < -0.39 is 0 Å². The van der Waals surface area contributed by atoms with Crippen molar-refractivity contribution in [2.24, 2.45) is 7.05 Å². The molecular formula is C17H17N3O2. The van der Waals surface area contributed by atoms with E-state index in [1.54, 1.807) is 31.6 Å². The van der Waals surface area contributed by atoms with Gasteiger partial charge in [-0.1, -0.05) is 0 Å². The Hall–Kier alpha value is -2.82. The molecule has 0 fully saturated rings. The summed E-state index contributed by atoms with van der Waals surface area (Å²) in [5.41, 5.74) is 2.76. The van der Waals surface area contributed by atoms with Crippen molar-refractivity contribution in [3.05, 3.63) is 60.0 Å². The summed E-state index contributed by atoms with van der Waals surface area (Å²) in [7, 11) is 3.64. The molecule has 0 bridgehead atoms. The number of nitrogens with one attached hydrogen (secondary N) is 1. The summed E-state index contributed by atoms with van der Waals surface area (Å²) in [4.78, 5) is 16.0. The Labute approximate surface area is 128 Å². The molecule has 2 heterocycles. The van der Waals surface area contributed by atoms with Crippen LogP contribution in [-0.4, -0.2) is 22.6 Å². The molecule has 3 aromatic rings. The van der Waals surface area contributed by atoms with Crippen LogP contribution in [0.1, 0.15) is 15.9 Å². The van der Waals surface area contributed by atoms with Crippen LogP contribution in [-0.2, 0) is 13.6 Å². The first-order valence-electron chi connectivity index (χ1n) is 6.99. The van der Waals surface area contributed by atoms with Crippen LogP contribution in [0.2, 0.25) is 0 Å². The van der Waals surface area contributed by atoms with E-state index in [9.17, 15) is 4.79 Å². The molecule has 0 radical (unpaired) electrons. The third-order valence-corrected chi connectivity index (χ3v) is 3.66. The third kappa shape index (κ3) is 2.65. The summed E-state index contributed by atoms with van der Waals surface area (Å²) in [5, 5.41) is 4.02. The molecule has 5 nitrogen and oxygen atoms in total. The molecule has 0 saturated heterocycles. The second kappa shape index (κ2) is 5.89. The maximum Gasteiger partial charge on any atom is 0.251 e. The molecule has 5 heteroatoms. The number of pyridine rings is 1. The second-order valence-electron chi connectivity index (χ2n) is 5.07. The van der Waals surface area contributed by atoms with Gasteiger partial charge < -0.3 is 14.6 Å². The van der Waals surface area contributed by atoms with Crippen molar-refractivity contribution in [2.75, 3.05) is 7.11 Å². The van der Waals surface area contributed by atoms with Gasteiger partial charge in [0.1, 0.15) is 5.75 Å². The summed E-state index contributed by atoms with van der Waals surface area (Å²) in [5.74, 6) is 0.697. The summed E-state index contributed by atoms with van der Waals surface area (Å²) in [6, 6.07) is 9.33. The second-order valence-corrected chi connectivity index (χ2v) is 5.07. The van der Waals surface area contributed by atoms with Gasteiger partial charge in [0.05, 0.1) is 7.11 Å². The molecule has 0 saturated carbocycles. The number of nitrogens with zero attached hydrogens (tertiary/aromatic N) is 2. The Morgan fingerprint density at radius 1 is 1.27 bits per heavy atom. The zero-order valence-corrected chi connectivity index (χ0v) is 12.5. The Balaban J connectivity index is 1.83. The molecule has 0 aliphatic carbocycles. The molecule has 1 aromatic carbocycles. The van der Waals surface area contributed by atoms with Gasteiger partial charge in [0.25, 0.3) is 5.91 Å². The topological polar surface area (TPSA) is 56.1 Å². The zero-order valence-electron chi connectivity index (χ0n) is 12.5. The Morgan fingerprint density at radius 2 is 2.05 bits per heavy atom. The fourth-order valence-corrected chi connectivity index (χ4v) is 2.50. The number of methoxy groups -OCH3 is 1. The number of hydrogen-bond acceptors (Lipinski definition) is 3. The Kier molecular flexibility index (Phi) is 3.78.